The summed E-state index contributed by atoms with van der Waals surface area (Å²) in [6, 6.07) is 15.9. The summed E-state index contributed by atoms with van der Waals surface area (Å²) < 4.78 is 21.7. The summed E-state index contributed by atoms with van der Waals surface area (Å²) in [5, 5.41) is 6.08. The molecule has 2 aromatic heterocycles. The number of carbonyl (C=O) groups excluding carboxylic acids is 2. The first kappa shape index (κ1) is 21.8. The number of carbonyl (C=O) groups is 2. The van der Waals surface area contributed by atoms with Gasteiger partial charge < -0.3 is 18.3 Å². The average molecular weight is 460 g/mol. The molecule has 3 aromatic rings. The first-order valence-electron chi connectivity index (χ1n) is 11.2. The molecule has 0 radical (unpaired) electrons. The Morgan fingerprint density at radius 3 is 2.62 bits per heavy atom. The molecule has 0 bridgehead atoms. The average Bonchev–Trinajstić information content (AvgIpc) is 3.63. The van der Waals surface area contributed by atoms with Crippen molar-refractivity contribution in [3.8, 4) is 5.75 Å². The van der Waals surface area contributed by atoms with Gasteiger partial charge in [-0.25, -0.2) is 9.80 Å². The van der Waals surface area contributed by atoms with Crippen molar-refractivity contribution in [2.24, 2.45) is 11.0 Å². The van der Waals surface area contributed by atoms with Gasteiger partial charge in [-0.15, -0.1) is 0 Å². The van der Waals surface area contributed by atoms with Crippen LogP contribution in [0.3, 0.4) is 0 Å². The van der Waals surface area contributed by atoms with Crippen LogP contribution in [0, 0.1) is 5.92 Å². The SMILES string of the molecule is O=C(COc1ccccc1)OCC(=O)N1N=C2C(=Cc3ccco3)CCCC2C1c1ccco1. The van der Waals surface area contributed by atoms with Gasteiger partial charge in [0.15, 0.2) is 13.2 Å². The van der Waals surface area contributed by atoms with Crippen LogP contribution in [-0.4, -0.2) is 35.8 Å². The maximum absolute atomic E-state index is 13.1. The predicted molar refractivity (Wildman–Crippen MR) is 123 cm³/mol. The largest absolute Gasteiger partial charge is 0.482 e. The molecule has 1 aromatic carbocycles. The van der Waals surface area contributed by atoms with E-state index in [1.54, 1.807) is 42.9 Å². The molecule has 1 aliphatic carbocycles. The second-order valence-electron chi connectivity index (χ2n) is 8.13. The minimum Gasteiger partial charge on any atom is -0.482 e. The topological polar surface area (TPSA) is 94.5 Å². The van der Waals surface area contributed by atoms with Crippen LogP contribution in [0.25, 0.3) is 6.08 Å². The molecule has 1 fully saturated rings. The number of esters is 1. The molecule has 8 heteroatoms. The van der Waals surface area contributed by atoms with Crippen LogP contribution < -0.4 is 4.74 Å². The van der Waals surface area contributed by atoms with Crippen LogP contribution >= 0.6 is 0 Å². The number of hydrazone groups is 1. The smallest absolute Gasteiger partial charge is 0.344 e. The van der Waals surface area contributed by atoms with E-state index in [4.69, 9.17) is 18.3 Å². The fraction of sp³-hybridized carbons (Fsp3) is 0.269. The van der Waals surface area contributed by atoms with Gasteiger partial charge in [0.25, 0.3) is 5.91 Å². The maximum atomic E-state index is 13.1. The molecule has 34 heavy (non-hydrogen) atoms. The molecule has 174 valence electrons. The zero-order valence-corrected chi connectivity index (χ0v) is 18.5. The molecule has 1 saturated carbocycles. The van der Waals surface area contributed by atoms with Crippen LogP contribution in [0.1, 0.15) is 36.8 Å². The molecule has 2 unspecified atom stereocenters. The number of fused-ring (bicyclic) bond motifs is 1. The highest BCUT2D eigenvalue weighted by Crippen LogP contribution is 2.44. The van der Waals surface area contributed by atoms with Crippen molar-refractivity contribution in [1.82, 2.24) is 5.01 Å². The summed E-state index contributed by atoms with van der Waals surface area (Å²) in [7, 11) is 0. The van der Waals surface area contributed by atoms with Gasteiger partial charge in [0.05, 0.1) is 18.2 Å². The third kappa shape index (κ3) is 4.66. The fourth-order valence-corrected chi connectivity index (χ4v) is 4.40. The first-order chi connectivity index (χ1) is 16.7. The molecule has 0 saturated heterocycles. The van der Waals surface area contributed by atoms with Crippen LogP contribution in [0.15, 0.2) is 86.6 Å². The normalized spacial score (nSPS) is 20.6. The minimum absolute atomic E-state index is 0.0119. The van der Waals surface area contributed by atoms with E-state index < -0.39 is 24.5 Å². The van der Waals surface area contributed by atoms with Gasteiger partial charge in [0.2, 0.25) is 0 Å². The van der Waals surface area contributed by atoms with Crippen molar-refractivity contribution >= 4 is 23.7 Å². The Morgan fingerprint density at radius 2 is 1.85 bits per heavy atom. The molecule has 1 amide bonds. The molecule has 3 heterocycles. The number of amides is 1. The van der Waals surface area contributed by atoms with Gasteiger partial charge in [0.1, 0.15) is 23.3 Å². The number of benzene rings is 1. The number of para-hydroxylation sites is 1. The number of furan rings is 2. The molecule has 0 N–H and O–H groups in total. The number of nitrogens with zero attached hydrogens (tertiary/aromatic N) is 2. The summed E-state index contributed by atoms with van der Waals surface area (Å²) in [5.41, 5.74) is 1.88. The van der Waals surface area contributed by atoms with Gasteiger partial charge >= 0.3 is 5.97 Å². The molecule has 1 aliphatic heterocycles. The summed E-state index contributed by atoms with van der Waals surface area (Å²) in [5.74, 6) is 0.875. The van der Waals surface area contributed by atoms with Crippen molar-refractivity contribution in [2.45, 2.75) is 25.3 Å². The van der Waals surface area contributed by atoms with Gasteiger partial charge in [-0.1, -0.05) is 18.2 Å². The molecule has 5 rings (SSSR count). The van der Waals surface area contributed by atoms with Crippen LogP contribution in [-0.2, 0) is 14.3 Å². The Bertz CT molecular complexity index is 1180. The lowest BCUT2D eigenvalue weighted by Crippen LogP contribution is -2.34. The Morgan fingerprint density at radius 1 is 1.03 bits per heavy atom. The van der Waals surface area contributed by atoms with Crippen molar-refractivity contribution in [2.75, 3.05) is 13.2 Å². The maximum Gasteiger partial charge on any atom is 0.344 e. The highest BCUT2D eigenvalue weighted by molar-refractivity contribution is 6.08. The summed E-state index contributed by atoms with van der Waals surface area (Å²) in [6.45, 7) is -0.721. The standard InChI is InChI=1S/C26H24N2O6/c29-23(16-34-24(30)17-33-19-8-2-1-3-9-19)28-26(22-12-6-14-32-22)21-11-4-7-18(25(21)27-28)15-20-10-5-13-31-20/h1-3,5-6,8-10,12-15,21,26H,4,7,11,16-17H2. The third-order valence-corrected chi connectivity index (χ3v) is 5.91. The molecular weight excluding hydrogens is 436 g/mol. The van der Waals surface area contributed by atoms with Gasteiger partial charge in [-0.05, 0) is 67.3 Å². The Kier molecular flexibility index (Phi) is 6.29. The predicted octanol–water partition coefficient (Wildman–Crippen LogP) is 4.62. The highest BCUT2D eigenvalue weighted by Gasteiger charge is 2.45. The quantitative estimate of drug-likeness (QED) is 0.478. The number of hydrogen-bond acceptors (Lipinski definition) is 7. The summed E-state index contributed by atoms with van der Waals surface area (Å²) in [6.07, 6.45) is 7.85. The highest BCUT2D eigenvalue weighted by atomic mass is 16.6. The third-order valence-electron chi connectivity index (χ3n) is 5.91. The van der Waals surface area contributed by atoms with Gasteiger partial charge in [-0.3, -0.25) is 4.79 Å². The van der Waals surface area contributed by atoms with E-state index in [1.165, 1.54) is 5.01 Å². The lowest BCUT2D eigenvalue weighted by molar-refractivity contribution is -0.154. The Labute approximate surface area is 196 Å². The van der Waals surface area contributed by atoms with E-state index in [1.807, 2.05) is 30.3 Å². The molecule has 0 spiro atoms. The number of allylic oxidation sites excluding steroid dienone is 1. The molecule has 8 nitrogen and oxygen atoms in total. The zero-order valence-electron chi connectivity index (χ0n) is 18.5. The van der Waals surface area contributed by atoms with E-state index in [0.29, 0.717) is 11.5 Å². The first-order valence-corrected chi connectivity index (χ1v) is 11.2. The number of rotatable bonds is 7. The number of ether oxygens (including phenoxy) is 2. The van der Waals surface area contributed by atoms with Crippen molar-refractivity contribution in [1.29, 1.82) is 0 Å². The molecular formula is C26H24N2O6. The lowest BCUT2D eigenvalue weighted by Gasteiger charge is -2.27. The minimum atomic E-state index is -0.630. The van der Waals surface area contributed by atoms with Gasteiger partial charge in [-0.2, -0.15) is 5.10 Å². The van der Waals surface area contributed by atoms with E-state index >= 15 is 0 Å². The Hall–Kier alpha value is -4.07. The fourth-order valence-electron chi connectivity index (χ4n) is 4.40. The van der Waals surface area contributed by atoms with Crippen molar-refractivity contribution in [3.05, 3.63) is 84.2 Å². The zero-order chi connectivity index (χ0) is 23.3. The van der Waals surface area contributed by atoms with E-state index in [9.17, 15) is 9.59 Å². The lowest BCUT2D eigenvalue weighted by atomic mass is 9.79. The second kappa shape index (κ2) is 9.82. The Balaban J connectivity index is 1.30. The van der Waals surface area contributed by atoms with Crippen LogP contribution in [0.4, 0.5) is 0 Å². The van der Waals surface area contributed by atoms with Crippen LogP contribution in [0.5, 0.6) is 5.75 Å². The number of hydrogen-bond donors (Lipinski definition) is 0. The van der Waals surface area contributed by atoms with Crippen molar-refractivity contribution in [3.63, 3.8) is 0 Å². The second-order valence-corrected chi connectivity index (χ2v) is 8.13. The monoisotopic (exact) mass is 460 g/mol. The van der Waals surface area contributed by atoms with E-state index in [0.717, 1.165) is 36.3 Å². The van der Waals surface area contributed by atoms with Crippen molar-refractivity contribution < 1.29 is 27.9 Å². The van der Waals surface area contributed by atoms with Gasteiger partial charge in [0, 0.05) is 5.92 Å². The van der Waals surface area contributed by atoms with Crippen LogP contribution in [0.2, 0.25) is 0 Å². The molecule has 2 atom stereocenters. The van der Waals surface area contributed by atoms with E-state index in [2.05, 4.69) is 5.10 Å². The summed E-state index contributed by atoms with van der Waals surface area (Å²) >= 11 is 0. The summed E-state index contributed by atoms with van der Waals surface area (Å²) in [4.78, 5) is 25.3. The molecule has 2 aliphatic rings. The van der Waals surface area contributed by atoms with E-state index in [-0.39, 0.29) is 12.5 Å².